The fraction of sp³-hybridized carbons (Fsp3) is 0.538. The summed E-state index contributed by atoms with van der Waals surface area (Å²) in [5, 5.41) is 3.41. The second-order valence-electron chi connectivity index (χ2n) is 4.26. The summed E-state index contributed by atoms with van der Waals surface area (Å²) in [4.78, 5) is 8.91. The molecule has 0 fully saturated rings. The van der Waals surface area contributed by atoms with Crippen molar-refractivity contribution >= 4 is 5.84 Å². The summed E-state index contributed by atoms with van der Waals surface area (Å²) in [7, 11) is 0. The number of hydrogen-bond acceptors (Lipinski definition) is 3. The zero-order valence-electron chi connectivity index (χ0n) is 9.87. The van der Waals surface area contributed by atoms with Gasteiger partial charge in [0.2, 0.25) is 0 Å². The van der Waals surface area contributed by atoms with Crippen LogP contribution in [0.1, 0.15) is 36.9 Å². The molecular weight excluding hydrogens is 198 g/mol. The van der Waals surface area contributed by atoms with Gasteiger partial charge >= 0.3 is 0 Å². The quantitative estimate of drug-likeness (QED) is 0.826. The van der Waals surface area contributed by atoms with E-state index in [0.717, 1.165) is 31.0 Å². The number of hydrogen-bond donors (Lipinski definition) is 1. The third-order valence-electron chi connectivity index (χ3n) is 2.95. The van der Waals surface area contributed by atoms with Crippen LogP contribution in [0, 0.1) is 6.92 Å². The van der Waals surface area contributed by atoms with E-state index in [2.05, 4.69) is 28.3 Å². The molecule has 1 aromatic rings. The zero-order chi connectivity index (χ0) is 11.2. The summed E-state index contributed by atoms with van der Waals surface area (Å²) in [6.45, 7) is 3.87. The van der Waals surface area contributed by atoms with Crippen LogP contribution in [0.4, 0.5) is 0 Å². The third kappa shape index (κ3) is 3.05. The highest BCUT2D eigenvalue weighted by Crippen LogP contribution is 2.07. The lowest BCUT2D eigenvalue weighted by Crippen LogP contribution is -2.23. The van der Waals surface area contributed by atoms with E-state index >= 15 is 0 Å². The van der Waals surface area contributed by atoms with Gasteiger partial charge < -0.3 is 5.32 Å². The zero-order valence-corrected chi connectivity index (χ0v) is 9.87. The fourth-order valence-corrected chi connectivity index (χ4v) is 1.91. The molecule has 0 aliphatic carbocycles. The van der Waals surface area contributed by atoms with Gasteiger partial charge in [0.25, 0.3) is 0 Å². The van der Waals surface area contributed by atoms with Gasteiger partial charge in [0.1, 0.15) is 0 Å². The van der Waals surface area contributed by atoms with Crippen molar-refractivity contribution < 1.29 is 0 Å². The van der Waals surface area contributed by atoms with Crippen molar-refractivity contribution in [3.8, 4) is 0 Å². The molecule has 0 bridgehead atoms. The van der Waals surface area contributed by atoms with Crippen LogP contribution in [0.15, 0.2) is 23.3 Å². The second-order valence-corrected chi connectivity index (χ2v) is 4.26. The van der Waals surface area contributed by atoms with Gasteiger partial charge in [-0.25, -0.2) is 0 Å². The second kappa shape index (κ2) is 5.64. The number of nitrogens with zero attached hydrogens (tertiary/aromatic N) is 2. The summed E-state index contributed by atoms with van der Waals surface area (Å²) in [5.74, 6) is 1.16. The van der Waals surface area contributed by atoms with Gasteiger partial charge in [-0.3, -0.25) is 9.98 Å². The average molecular weight is 217 g/mol. The molecule has 0 saturated heterocycles. The first kappa shape index (κ1) is 11.1. The lowest BCUT2D eigenvalue weighted by atomic mass is 10.2. The van der Waals surface area contributed by atoms with Crippen LogP contribution >= 0.6 is 0 Å². The molecule has 16 heavy (non-hydrogen) atoms. The largest absolute Gasteiger partial charge is 0.368 e. The van der Waals surface area contributed by atoms with E-state index in [-0.39, 0.29) is 0 Å². The van der Waals surface area contributed by atoms with Gasteiger partial charge in [0.05, 0.1) is 18.1 Å². The lowest BCUT2D eigenvalue weighted by Gasteiger charge is -2.09. The van der Waals surface area contributed by atoms with Crippen LogP contribution in [-0.2, 0) is 6.54 Å². The Kier molecular flexibility index (Phi) is 3.91. The summed E-state index contributed by atoms with van der Waals surface area (Å²) >= 11 is 0. The highest BCUT2D eigenvalue weighted by molar-refractivity contribution is 5.82. The van der Waals surface area contributed by atoms with Gasteiger partial charge in [0, 0.05) is 19.2 Å². The number of pyridine rings is 1. The molecule has 1 aliphatic heterocycles. The van der Waals surface area contributed by atoms with Crippen molar-refractivity contribution in [3.63, 3.8) is 0 Å². The summed E-state index contributed by atoms with van der Waals surface area (Å²) in [5.41, 5.74) is 2.36. The van der Waals surface area contributed by atoms with E-state index in [1.807, 2.05) is 12.3 Å². The fourth-order valence-electron chi connectivity index (χ4n) is 1.91. The van der Waals surface area contributed by atoms with Crippen molar-refractivity contribution in [3.05, 3.63) is 29.6 Å². The van der Waals surface area contributed by atoms with Crippen molar-refractivity contribution in [1.82, 2.24) is 10.3 Å². The van der Waals surface area contributed by atoms with Crippen molar-refractivity contribution in [2.24, 2.45) is 4.99 Å². The SMILES string of the molecule is Cc1cccnc1CNC1=NCCCCC1. The lowest BCUT2D eigenvalue weighted by molar-refractivity contribution is 0.727. The molecule has 2 heterocycles. The van der Waals surface area contributed by atoms with Gasteiger partial charge in [-0.1, -0.05) is 12.5 Å². The summed E-state index contributed by atoms with van der Waals surface area (Å²) in [6, 6.07) is 4.07. The van der Waals surface area contributed by atoms with Gasteiger partial charge in [0.15, 0.2) is 0 Å². The minimum atomic E-state index is 0.797. The number of aliphatic imine (C=N–C) groups is 1. The molecule has 86 valence electrons. The predicted molar refractivity (Wildman–Crippen MR) is 66.6 cm³/mol. The minimum absolute atomic E-state index is 0.797. The Bertz CT molecular complexity index is 371. The first-order valence-corrected chi connectivity index (χ1v) is 6.04. The molecule has 0 radical (unpaired) electrons. The van der Waals surface area contributed by atoms with E-state index in [1.165, 1.54) is 24.8 Å². The van der Waals surface area contributed by atoms with Gasteiger partial charge in [-0.2, -0.15) is 0 Å². The number of aromatic nitrogens is 1. The molecule has 0 saturated carbocycles. The summed E-state index contributed by atoms with van der Waals surface area (Å²) in [6.07, 6.45) is 6.73. The molecule has 2 rings (SSSR count). The van der Waals surface area contributed by atoms with Gasteiger partial charge in [-0.15, -0.1) is 0 Å². The Hall–Kier alpha value is -1.38. The Morgan fingerprint density at radius 1 is 1.31 bits per heavy atom. The predicted octanol–water partition coefficient (Wildman–Crippen LogP) is 2.45. The molecule has 3 heteroatoms. The highest BCUT2D eigenvalue weighted by Gasteiger charge is 2.04. The van der Waals surface area contributed by atoms with Crippen LogP contribution < -0.4 is 5.32 Å². The smallest absolute Gasteiger partial charge is 0.0966 e. The molecule has 1 aromatic heterocycles. The Morgan fingerprint density at radius 3 is 3.12 bits per heavy atom. The van der Waals surface area contributed by atoms with Crippen LogP contribution in [0.25, 0.3) is 0 Å². The van der Waals surface area contributed by atoms with Crippen molar-refractivity contribution in [2.75, 3.05) is 6.54 Å². The van der Waals surface area contributed by atoms with E-state index in [0.29, 0.717) is 0 Å². The molecule has 0 unspecified atom stereocenters. The van der Waals surface area contributed by atoms with Crippen LogP contribution in [-0.4, -0.2) is 17.4 Å². The van der Waals surface area contributed by atoms with E-state index in [9.17, 15) is 0 Å². The minimum Gasteiger partial charge on any atom is -0.368 e. The van der Waals surface area contributed by atoms with Crippen LogP contribution in [0.5, 0.6) is 0 Å². The third-order valence-corrected chi connectivity index (χ3v) is 2.95. The molecule has 0 atom stereocenters. The molecular formula is C13H19N3. The number of rotatable bonds is 2. The van der Waals surface area contributed by atoms with E-state index in [4.69, 9.17) is 0 Å². The number of nitrogens with one attached hydrogen (secondary N) is 1. The standard InChI is InChI=1S/C13H19N3/c1-11-6-5-9-14-12(11)10-16-13-7-3-2-4-8-15-13/h5-6,9H,2-4,7-8,10H2,1H3,(H,15,16). The monoisotopic (exact) mass is 217 g/mol. The molecule has 0 spiro atoms. The maximum Gasteiger partial charge on any atom is 0.0966 e. The first-order chi connectivity index (χ1) is 7.86. The normalized spacial score (nSPS) is 16.4. The van der Waals surface area contributed by atoms with E-state index in [1.54, 1.807) is 0 Å². The topological polar surface area (TPSA) is 37.3 Å². The maximum atomic E-state index is 4.55. The molecule has 0 amide bonds. The molecule has 1 N–H and O–H groups in total. The Morgan fingerprint density at radius 2 is 2.25 bits per heavy atom. The molecule has 1 aliphatic rings. The molecule has 3 nitrogen and oxygen atoms in total. The summed E-state index contributed by atoms with van der Waals surface area (Å²) < 4.78 is 0. The maximum absolute atomic E-state index is 4.55. The molecule has 0 aromatic carbocycles. The Labute approximate surface area is 97.0 Å². The average Bonchev–Trinajstić information content (AvgIpc) is 2.56. The first-order valence-electron chi connectivity index (χ1n) is 6.04. The highest BCUT2D eigenvalue weighted by atomic mass is 15.0. The number of amidine groups is 1. The van der Waals surface area contributed by atoms with Crippen LogP contribution in [0.3, 0.4) is 0 Å². The van der Waals surface area contributed by atoms with Crippen molar-refractivity contribution in [2.45, 2.75) is 39.2 Å². The van der Waals surface area contributed by atoms with E-state index < -0.39 is 0 Å². The van der Waals surface area contributed by atoms with Crippen molar-refractivity contribution in [1.29, 1.82) is 0 Å². The van der Waals surface area contributed by atoms with Gasteiger partial charge in [-0.05, 0) is 31.4 Å². The Balaban J connectivity index is 1.91. The van der Waals surface area contributed by atoms with Crippen LogP contribution in [0.2, 0.25) is 0 Å². The number of aryl methyl sites for hydroxylation is 1.